The molecule has 0 spiro atoms. The molecule has 138 valence electrons. The smallest absolute Gasteiger partial charge is 0.231 e. The van der Waals surface area contributed by atoms with Crippen LogP contribution in [0.3, 0.4) is 0 Å². The topological polar surface area (TPSA) is 60.0 Å². The molecule has 0 bridgehead atoms. The number of rotatable bonds is 5. The molecule has 1 aromatic carbocycles. The largest absolute Gasteiger partial charge is 0.493 e. The molecule has 0 radical (unpaired) electrons. The summed E-state index contributed by atoms with van der Waals surface area (Å²) in [5, 5.41) is 3.08. The van der Waals surface area contributed by atoms with Crippen molar-refractivity contribution in [1.82, 2.24) is 10.2 Å². The standard InChI is InChI=1S/C19H28N2O4/c1-19(2,3)18(22)20-9-13-5-6-21(10-13)11-14-7-15(23-4)17-16(8-14)24-12-25-17/h7-8,13H,5-6,9-12H2,1-4H3,(H,20,22). The van der Waals surface area contributed by atoms with Crippen LogP contribution in [0, 0.1) is 11.3 Å². The van der Waals surface area contributed by atoms with Crippen LogP contribution in [0.1, 0.15) is 32.8 Å². The summed E-state index contributed by atoms with van der Waals surface area (Å²) in [6.45, 7) is 9.68. The first-order valence-electron chi connectivity index (χ1n) is 8.84. The van der Waals surface area contributed by atoms with Crippen molar-refractivity contribution in [3.05, 3.63) is 17.7 Å². The Hall–Kier alpha value is -1.95. The highest BCUT2D eigenvalue weighted by Gasteiger charge is 2.27. The molecule has 0 saturated carbocycles. The van der Waals surface area contributed by atoms with Gasteiger partial charge in [-0.1, -0.05) is 20.8 Å². The van der Waals surface area contributed by atoms with Crippen LogP contribution in [-0.4, -0.2) is 44.3 Å². The van der Waals surface area contributed by atoms with Crippen molar-refractivity contribution >= 4 is 5.91 Å². The first kappa shape index (κ1) is 17.9. The molecule has 1 amide bonds. The van der Waals surface area contributed by atoms with E-state index >= 15 is 0 Å². The lowest BCUT2D eigenvalue weighted by molar-refractivity contribution is -0.128. The number of methoxy groups -OCH3 is 1. The van der Waals surface area contributed by atoms with Gasteiger partial charge < -0.3 is 19.5 Å². The normalized spacial score (nSPS) is 19.9. The fourth-order valence-electron chi connectivity index (χ4n) is 3.26. The predicted molar refractivity (Wildman–Crippen MR) is 95.0 cm³/mol. The van der Waals surface area contributed by atoms with E-state index in [1.54, 1.807) is 7.11 Å². The van der Waals surface area contributed by atoms with Gasteiger partial charge in [-0.3, -0.25) is 9.69 Å². The average molecular weight is 348 g/mol. The Kier molecular flexibility index (Phi) is 5.08. The van der Waals surface area contributed by atoms with Crippen LogP contribution >= 0.6 is 0 Å². The van der Waals surface area contributed by atoms with Crippen molar-refractivity contribution in [2.45, 2.75) is 33.7 Å². The summed E-state index contributed by atoms with van der Waals surface area (Å²) in [5.41, 5.74) is 0.821. The summed E-state index contributed by atoms with van der Waals surface area (Å²) < 4.78 is 16.3. The van der Waals surface area contributed by atoms with Gasteiger partial charge in [0.25, 0.3) is 0 Å². The van der Waals surface area contributed by atoms with E-state index < -0.39 is 0 Å². The lowest BCUT2D eigenvalue weighted by Crippen LogP contribution is -2.38. The number of ether oxygens (including phenoxy) is 3. The molecule has 0 aromatic heterocycles. The zero-order valence-electron chi connectivity index (χ0n) is 15.6. The van der Waals surface area contributed by atoms with Crippen LogP contribution in [0.5, 0.6) is 17.2 Å². The zero-order chi connectivity index (χ0) is 18.0. The SMILES string of the molecule is COc1cc(CN2CCC(CNC(=O)C(C)(C)C)C2)cc2c1OCO2. The second-order valence-electron chi connectivity index (χ2n) is 7.88. The van der Waals surface area contributed by atoms with Gasteiger partial charge in [-0.05, 0) is 36.6 Å². The van der Waals surface area contributed by atoms with E-state index in [0.717, 1.165) is 49.7 Å². The molecule has 2 aliphatic heterocycles. The van der Waals surface area contributed by atoms with E-state index in [9.17, 15) is 4.79 Å². The fraction of sp³-hybridized carbons (Fsp3) is 0.632. The number of likely N-dealkylation sites (tertiary alicyclic amines) is 1. The third kappa shape index (κ3) is 4.18. The molecule has 3 rings (SSSR count). The van der Waals surface area contributed by atoms with E-state index in [0.29, 0.717) is 11.7 Å². The van der Waals surface area contributed by atoms with Gasteiger partial charge in [0.05, 0.1) is 7.11 Å². The second kappa shape index (κ2) is 7.12. The number of carbonyl (C=O) groups excluding carboxylic acids is 1. The molecule has 2 heterocycles. The summed E-state index contributed by atoms with van der Waals surface area (Å²) >= 11 is 0. The molecule has 6 heteroatoms. The van der Waals surface area contributed by atoms with Gasteiger partial charge in [0, 0.05) is 25.0 Å². The number of hydrogen-bond acceptors (Lipinski definition) is 5. The van der Waals surface area contributed by atoms with Crippen molar-refractivity contribution < 1.29 is 19.0 Å². The number of hydrogen-bond donors (Lipinski definition) is 1. The van der Waals surface area contributed by atoms with Gasteiger partial charge in [-0.15, -0.1) is 0 Å². The first-order chi connectivity index (χ1) is 11.9. The van der Waals surface area contributed by atoms with Crippen molar-refractivity contribution in [2.24, 2.45) is 11.3 Å². The highest BCUT2D eigenvalue weighted by Crippen LogP contribution is 2.42. The lowest BCUT2D eigenvalue weighted by atomic mass is 9.95. The quantitative estimate of drug-likeness (QED) is 0.885. The van der Waals surface area contributed by atoms with E-state index in [2.05, 4.69) is 10.2 Å². The summed E-state index contributed by atoms with van der Waals surface area (Å²) in [6.07, 6.45) is 1.10. The van der Waals surface area contributed by atoms with Gasteiger partial charge in [-0.25, -0.2) is 0 Å². The number of nitrogens with zero attached hydrogens (tertiary/aromatic N) is 1. The van der Waals surface area contributed by atoms with E-state index in [-0.39, 0.29) is 18.1 Å². The number of fused-ring (bicyclic) bond motifs is 1. The highest BCUT2D eigenvalue weighted by atomic mass is 16.7. The van der Waals surface area contributed by atoms with Crippen molar-refractivity contribution in [3.8, 4) is 17.2 Å². The van der Waals surface area contributed by atoms with Crippen LogP contribution in [0.25, 0.3) is 0 Å². The third-order valence-electron chi connectivity index (χ3n) is 4.73. The van der Waals surface area contributed by atoms with E-state index in [4.69, 9.17) is 14.2 Å². The van der Waals surface area contributed by atoms with Crippen LogP contribution in [-0.2, 0) is 11.3 Å². The molecule has 0 aliphatic carbocycles. The fourth-order valence-corrected chi connectivity index (χ4v) is 3.26. The number of carbonyl (C=O) groups is 1. The molecule has 1 N–H and O–H groups in total. The van der Waals surface area contributed by atoms with Gasteiger partial charge in [0.15, 0.2) is 11.5 Å². The highest BCUT2D eigenvalue weighted by molar-refractivity contribution is 5.81. The van der Waals surface area contributed by atoms with E-state index in [1.165, 1.54) is 0 Å². The summed E-state index contributed by atoms with van der Waals surface area (Å²) in [4.78, 5) is 14.4. The van der Waals surface area contributed by atoms with E-state index in [1.807, 2.05) is 32.9 Å². The maximum absolute atomic E-state index is 12.0. The number of amides is 1. The van der Waals surface area contributed by atoms with Crippen molar-refractivity contribution in [1.29, 1.82) is 0 Å². The zero-order valence-corrected chi connectivity index (χ0v) is 15.6. The minimum Gasteiger partial charge on any atom is -0.493 e. The Morgan fingerprint density at radius 3 is 2.88 bits per heavy atom. The Morgan fingerprint density at radius 2 is 2.16 bits per heavy atom. The molecule has 2 aliphatic rings. The Labute approximate surface area is 149 Å². The monoisotopic (exact) mass is 348 g/mol. The Bertz CT molecular complexity index is 639. The number of benzene rings is 1. The minimum atomic E-state index is -0.332. The molecule has 1 aromatic rings. The first-order valence-corrected chi connectivity index (χ1v) is 8.84. The molecule has 1 fully saturated rings. The van der Waals surface area contributed by atoms with Gasteiger partial charge in [-0.2, -0.15) is 0 Å². The van der Waals surface area contributed by atoms with Crippen LogP contribution in [0.2, 0.25) is 0 Å². The lowest BCUT2D eigenvalue weighted by Gasteiger charge is -2.20. The van der Waals surface area contributed by atoms with Gasteiger partial charge in [0.1, 0.15) is 0 Å². The number of nitrogens with one attached hydrogen (secondary N) is 1. The van der Waals surface area contributed by atoms with Crippen LogP contribution < -0.4 is 19.5 Å². The predicted octanol–water partition coefficient (Wildman–Crippen LogP) is 2.41. The van der Waals surface area contributed by atoms with Gasteiger partial charge in [0.2, 0.25) is 18.4 Å². The average Bonchev–Trinajstić information content (AvgIpc) is 3.20. The molecule has 25 heavy (non-hydrogen) atoms. The second-order valence-corrected chi connectivity index (χ2v) is 7.88. The summed E-state index contributed by atoms with van der Waals surface area (Å²) in [7, 11) is 1.64. The third-order valence-corrected chi connectivity index (χ3v) is 4.73. The minimum absolute atomic E-state index is 0.117. The van der Waals surface area contributed by atoms with Crippen molar-refractivity contribution in [2.75, 3.05) is 33.5 Å². The molecule has 6 nitrogen and oxygen atoms in total. The Balaban J connectivity index is 1.54. The molecular weight excluding hydrogens is 320 g/mol. The molecular formula is C19H28N2O4. The summed E-state index contributed by atoms with van der Waals surface area (Å²) in [5.74, 6) is 2.78. The molecule has 1 unspecified atom stereocenters. The van der Waals surface area contributed by atoms with Crippen molar-refractivity contribution in [3.63, 3.8) is 0 Å². The maximum Gasteiger partial charge on any atom is 0.231 e. The maximum atomic E-state index is 12.0. The molecule has 1 atom stereocenters. The van der Waals surface area contributed by atoms with Gasteiger partial charge >= 0.3 is 0 Å². The Morgan fingerprint density at radius 1 is 1.36 bits per heavy atom. The van der Waals surface area contributed by atoms with Crippen LogP contribution in [0.4, 0.5) is 0 Å². The summed E-state index contributed by atoms with van der Waals surface area (Å²) in [6, 6.07) is 4.04. The molecule has 1 saturated heterocycles. The van der Waals surface area contributed by atoms with Crippen LogP contribution in [0.15, 0.2) is 12.1 Å².